The second kappa shape index (κ2) is 4.25. The van der Waals surface area contributed by atoms with Crippen LogP contribution in [0.1, 0.15) is 30.0 Å². The molecule has 74 valence electrons. The van der Waals surface area contributed by atoms with E-state index in [-0.39, 0.29) is 5.41 Å². The maximum atomic E-state index is 5.68. The van der Waals surface area contributed by atoms with Gasteiger partial charge in [0, 0.05) is 9.75 Å². The number of thiophene rings is 1. The maximum Gasteiger partial charge on any atom is 0.00482 e. The minimum Gasteiger partial charge on any atom is -0.330 e. The van der Waals surface area contributed by atoms with Crippen molar-refractivity contribution in [2.45, 2.75) is 33.6 Å². The standard InChI is InChI=1S/C11H19NS/c1-9-4-5-10(13-9)6-7-11(2,3)8-12/h4-5H,6-8,12H2,1-3H3. The zero-order chi connectivity index (χ0) is 9.90. The van der Waals surface area contributed by atoms with Gasteiger partial charge >= 0.3 is 0 Å². The zero-order valence-electron chi connectivity index (χ0n) is 8.76. The van der Waals surface area contributed by atoms with E-state index >= 15 is 0 Å². The Morgan fingerprint density at radius 2 is 2.08 bits per heavy atom. The lowest BCUT2D eigenvalue weighted by Crippen LogP contribution is -2.23. The summed E-state index contributed by atoms with van der Waals surface area (Å²) in [5, 5.41) is 0. The summed E-state index contributed by atoms with van der Waals surface area (Å²) in [6, 6.07) is 4.42. The average Bonchev–Trinajstić information content (AvgIpc) is 2.48. The Balaban J connectivity index is 2.43. The molecule has 13 heavy (non-hydrogen) atoms. The van der Waals surface area contributed by atoms with Crippen molar-refractivity contribution in [1.29, 1.82) is 0 Å². The highest BCUT2D eigenvalue weighted by Gasteiger charge is 2.15. The quantitative estimate of drug-likeness (QED) is 0.789. The van der Waals surface area contributed by atoms with E-state index in [1.54, 1.807) is 0 Å². The van der Waals surface area contributed by atoms with E-state index in [1.807, 2.05) is 11.3 Å². The van der Waals surface area contributed by atoms with Crippen LogP contribution < -0.4 is 5.73 Å². The molecule has 1 rings (SSSR count). The van der Waals surface area contributed by atoms with Crippen molar-refractivity contribution in [1.82, 2.24) is 0 Å². The highest BCUT2D eigenvalue weighted by molar-refractivity contribution is 7.11. The van der Waals surface area contributed by atoms with Crippen molar-refractivity contribution in [3.63, 3.8) is 0 Å². The molecule has 1 nitrogen and oxygen atoms in total. The molecule has 0 amide bonds. The molecule has 0 saturated heterocycles. The predicted octanol–water partition coefficient (Wildman–Crippen LogP) is 2.97. The SMILES string of the molecule is Cc1ccc(CCC(C)(C)CN)s1. The smallest absolute Gasteiger partial charge is 0.00482 e. The van der Waals surface area contributed by atoms with Gasteiger partial charge in [0.1, 0.15) is 0 Å². The maximum absolute atomic E-state index is 5.68. The molecule has 0 unspecified atom stereocenters. The molecule has 1 heterocycles. The molecule has 0 aromatic carbocycles. The molecule has 0 fully saturated rings. The van der Waals surface area contributed by atoms with Gasteiger partial charge in [0.25, 0.3) is 0 Å². The van der Waals surface area contributed by atoms with E-state index in [0.717, 1.165) is 6.54 Å². The molecule has 0 aliphatic rings. The lowest BCUT2D eigenvalue weighted by Gasteiger charge is -2.21. The Labute approximate surface area is 85.0 Å². The molecule has 2 N–H and O–H groups in total. The van der Waals surface area contributed by atoms with Crippen LogP contribution in [0.3, 0.4) is 0 Å². The van der Waals surface area contributed by atoms with Crippen LogP contribution >= 0.6 is 11.3 Å². The predicted molar refractivity (Wildman–Crippen MR) is 60.2 cm³/mol. The van der Waals surface area contributed by atoms with E-state index in [2.05, 4.69) is 32.9 Å². The summed E-state index contributed by atoms with van der Waals surface area (Å²) < 4.78 is 0. The van der Waals surface area contributed by atoms with Gasteiger partial charge in [-0.15, -0.1) is 11.3 Å². The Hall–Kier alpha value is -0.340. The van der Waals surface area contributed by atoms with Crippen LogP contribution in [-0.4, -0.2) is 6.54 Å². The molecular weight excluding hydrogens is 178 g/mol. The highest BCUT2D eigenvalue weighted by Crippen LogP contribution is 2.24. The minimum absolute atomic E-state index is 0.290. The highest BCUT2D eigenvalue weighted by atomic mass is 32.1. The Morgan fingerprint density at radius 3 is 2.54 bits per heavy atom. The fourth-order valence-corrected chi connectivity index (χ4v) is 2.07. The van der Waals surface area contributed by atoms with Crippen molar-refractivity contribution in [2.75, 3.05) is 6.54 Å². The monoisotopic (exact) mass is 197 g/mol. The Morgan fingerprint density at radius 1 is 1.38 bits per heavy atom. The average molecular weight is 197 g/mol. The summed E-state index contributed by atoms with van der Waals surface area (Å²) in [5.74, 6) is 0. The lowest BCUT2D eigenvalue weighted by molar-refractivity contribution is 0.349. The van der Waals surface area contributed by atoms with E-state index < -0.39 is 0 Å². The number of nitrogens with two attached hydrogens (primary N) is 1. The van der Waals surface area contributed by atoms with Crippen LogP contribution in [0, 0.1) is 12.3 Å². The lowest BCUT2D eigenvalue weighted by atomic mass is 9.88. The number of rotatable bonds is 4. The largest absolute Gasteiger partial charge is 0.330 e. The van der Waals surface area contributed by atoms with E-state index in [0.29, 0.717) is 0 Å². The van der Waals surface area contributed by atoms with Gasteiger partial charge in [0.05, 0.1) is 0 Å². The second-order valence-electron chi connectivity index (χ2n) is 4.38. The third kappa shape index (κ3) is 3.49. The van der Waals surface area contributed by atoms with Gasteiger partial charge in [0.15, 0.2) is 0 Å². The number of hydrogen-bond donors (Lipinski definition) is 1. The third-order valence-electron chi connectivity index (χ3n) is 2.40. The van der Waals surface area contributed by atoms with Crippen molar-refractivity contribution < 1.29 is 0 Å². The van der Waals surface area contributed by atoms with Crippen molar-refractivity contribution in [2.24, 2.45) is 11.1 Å². The molecule has 0 spiro atoms. The first kappa shape index (κ1) is 10.7. The van der Waals surface area contributed by atoms with Crippen LogP contribution in [-0.2, 0) is 6.42 Å². The van der Waals surface area contributed by atoms with Crippen LogP contribution in [0.15, 0.2) is 12.1 Å². The zero-order valence-corrected chi connectivity index (χ0v) is 9.58. The fraction of sp³-hybridized carbons (Fsp3) is 0.636. The first-order valence-corrected chi connectivity index (χ1v) is 5.60. The van der Waals surface area contributed by atoms with Gasteiger partial charge in [-0.1, -0.05) is 13.8 Å². The first-order chi connectivity index (χ1) is 6.03. The van der Waals surface area contributed by atoms with Crippen LogP contribution in [0.4, 0.5) is 0 Å². The summed E-state index contributed by atoms with van der Waals surface area (Å²) in [5.41, 5.74) is 5.97. The van der Waals surface area contributed by atoms with Crippen molar-refractivity contribution in [3.05, 3.63) is 21.9 Å². The minimum atomic E-state index is 0.290. The molecule has 0 aliphatic heterocycles. The molecule has 0 radical (unpaired) electrons. The Kier molecular flexibility index (Phi) is 3.51. The van der Waals surface area contributed by atoms with Crippen LogP contribution in [0.5, 0.6) is 0 Å². The normalized spacial score (nSPS) is 12.0. The van der Waals surface area contributed by atoms with Gasteiger partial charge in [-0.3, -0.25) is 0 Å². The van der Waals surface area contributed by atoms with Crippen LogP contribution in [0.2, 0.25) is 0 Å². The summed E-state index contributed by atoms with van der Waals surface area (Å²) in [4.78, 5) is 2.89. The molecule has 0 saturated carbocycles. The van der Waals surface area contributed by atoms with Gasteiger partial charge in [-0.05, 0) is 43.9 Å². The number of hydrogen-bond acceptors (Lipinski definition) is 2. The fourth-order valence-electron chi connectivity index (χ4n) is 1.18. The molecule has 0 bridgehead atoms. The van der Waals surface area contributed by atoms with Crippen LogP contribution in [0.25, 0.3) is 0 Å². The van der Waals surface area contributed by atoms with E-state index in [1.165, 1.54) is 22.6 Å². The molecule has 1 aromatic heterocycles. The molecule has 2 heteroatoms. The Bertz CT molecular complexity index is 263. The molecular formula is C11H19NS. The summed E-state index contributed by atoms with van der Waals surface area (Å²) in [7, 11) is 0. The van der Waals surface area contributed by atoms with Gasteiger partial charge in [-0.2, -0.15) is 0 Å². The topological polar surface area (TPSA) is 26.0 Å². The summed E-state index contributed by atoms with van der Waals surface area (Å²) in [6.07, 6.45) is 2.35. The van der Waals surface area contributed by atoms with Crippen molar-refractivity contribution >= 4 is 11.3 Å². The molecule has 1 aromatic rings. The summed E-state index contributed by atoms with van der Waals surface area (Å²) in [6.45, 7) is 7.39. The van der Waals surface area contributed by atoms with E-state index in [4.69, 9.17) is 5.73 Å². The second-order valence-corrected chi connectivity index (χ2v) is 5.75. The van der Waals surface area contributed by atoms with Crippen molar-refractivity contribution in [3.8, 4) is 0 Å². The third-order valence-corrected chi connectivity index (χ3v) is 3.46. The van der Waals surface area contributed by atoms with Gasteiger partial charge < -0.3 is 5.73 Å². The van der Waals surface area contributed by atoms with E-state index in [9.17, 15) is 0 Å². The molecule has 0 aliphatic carbocycles. The summed E-state index contributed by atoms with van der Waals surface area (Å²) >= 11 is 1.90. The number of aryl methyl sites for hydroxylation is 2. The first-order valence-electron chi connectivity index (χ1n) is 4.79. The van der Waals surface area contributed by atoms with Gasteiger partial charge in [0.2, 0.25) is 0 Å². The van der Waals surface area contributed by atoms with Gasteiger partial charge in [-0.25, -0.2) is 0 Å². The molecule has 0 atom stereocenters.